The molecule has 0 radical (unpaired) electrons. The zero-order valence-electron chi connectivity index (χ0n) is 12.1. The Bertz CT molecular complexity index is 377. The van der Waals surface area contributed by atoms with Crippen molar-refractivity contribution in [1.29, 1.82) is 0 Å². The minimum Gasteiger partial charge on any atom is -0.373 e. The number of nitrogens with two attached hydrogens (primary N) is 1. The van der Waals surface area contributed by atoms with Crippen LogP contribution < -0.4 is 11.3 Å². The Balaban J connectivity index is 2.28. The zero-order valence-corrected chi connectivity index (χ0v) is 12.1. The summed E-state index contributed by atoms with van der Waals surface area (Å²) in [5.74, 6) is 5.86. The SMILES string of the molecule is CCOC1(C(NN)c2ccc(C)cc2)CCCCC1. The Morgan fingerprint density at radius 1 is 1.21 bits per heavy atom. The predicted molar refractivity (Wildman–Crippen MR) is 78.7 cm³/mol. The Hall–Kier alpha value is -0.900. The van der Waals surface area contributed by atoms with Crippen LogP contribution in [0.25, 0.3) is 0 Å². The molecule has 1 aromatic rings. The van der Waals surface area contributed by atoms with E-state index >= 15 is 0 Å². The van der Waals surface area contributed by atoms with Crippen LogP contribution >= 0.6 is 0 Å². The summed E-state index contributed by atoms with van der Waals surface area (Å²) in [6.45, 7) is 4.91. The van der Waals surface area contributed by atoms with E-state index < -0.39 is 0 Å². The first kappa shape index (κ1) is 14.5. The molecule has 2 rings (SSSR count). The molecule has 0 aliphatic heterocycles. The van der Waals surface area contributed by atoms with Crippen LogP contribution in [0.2, 0.25) is 0 Å². The van der Waals surface area contributed by atoms with Crippen LogP contribution in [0.5, 0.6) is 0 Å². The molecule has 1 unspecified atom stereocenters. The summed E-state index contributed by atoms with van der Waals surface area (Å²) in [6, 6.07) is 8.68. The molecule has 3 N–H and O–H groups in total. The summed E-state index contributed by atoms with van der Waals surface area (Å²) in [5.41, 5.74) is 5.36. The summed E-state index contributed by atoms with van der Waals surface area (Å²) in [4.78, 5) is 0. The molecule has 19 heavy (non-hydrogen) atoms. The van der Waals surface area contributed by atoms with Gasteiger partial charge >= 0.3 is 0 Å². The monoisotopic (exact) mass is 262 g/mol. The summed E-state index contributed by atoms with van der Waals surface area (Å²) in [6.07, 6.45) is 5.93. The molecule has 1 aliphatic rings. The Morgan fingerprint density at radius 2 is 1.84 bits per heavy atom. The van der Waals surface area contributed by atoms with Gasteiger partial charge < -0.3 is 4.74 Å². The minimum absolute atomic E-state index is 0.0772. The third-order valence-electron chi connectivity index (χ3n) is 4.24. The molecule has 1 aliphatic carbocycles. The first-order chi connectivity index (χ1) is 9.22. The number of hydrogen-bond donors (Lipinski definition) is 2. The van der Waals surface area contributed by atoms with Gasteiger partial charge in [0.1, 0.15) is 0 Å². The van der Waals surface area contributed by atoms with E-state index in [4.69, 9.17) is 10.6 Å². The van der Waals surface area contributed by atoms with Crippen molar-refractivity contribution in [2.45, 2.75) is 57.6 Å². The molecule has 0 aromatic heterocycles. The molecule has 3 heteroatoms. The van der Waals surface area contributed by atoms with E-state index in [9.17, 15) is 0 Å². The summed E-state index contributed by atoms with van der Waals surface area (Å²) in [5, 5.41) is 0. The van der Waals surface area contributed by atoms with Crippen molar-refractivity contribution in [2.24, 2.45) is 5.84 Å². The molecular formula is C16H26N2O. The Labute approximate surface area is 116 Å². The van der Waals surface area contributed by atoms with Crippen molar-refractivity contribution in [1.82, 2.24) is 5.43 Å². The average molecular weight is 262 g/mol. The third-order valence-corrected chi connectivity index (χ3v) is 4.24. The lowest BCUT2D eigenvalue weighted by molar-refractivity contribution is -0.0913. The van der Waals surface area contributed by atoms with E-state index in [1.54, 1.807) is 0 Å². The van der Waals surface area contributed by atoms with Crippen LogP contribution in [-0.4, -0.2) is 12.2 Å². The minimum atomic E-state index is -0.142. The van der Waals surface area contributed by atoms with Gasteiger partial charge in [-0.15, -0.1) is 0 Å². The van der Waals surface area contributed by atoms with E-state index in [-0.39, 0.29) is 11.6 Å². The van der Waals surface area contributed by atoms with Crippen LogP contribution in [-0.2, 0) is 4.74 Å². The van der Waals surface area contributed by atoms with Crippen molar-refractivity contribution in [3.8, 4) is 0 Å². The molecule has 3 nitrogen and oxygen atoms in total. The third kappa shape index (κ3) is 3.16. The maximum absolute atomic E-state index is 6.17. The standard InChI is InChI=1S/C16H26N2O/c1-3-19-16(11-5-4-6-12-16)15(18-17)14-9-7-13(2)8-10-14/h7-10,15,18H,3-6,11-12,17H2,1-2H3. The van der Waals surface area contributed by atoms with Gasteiger partial charge in [-0.2, -0.15) is 0 Å². The van der Waals surface area contributed by atoms with Gasteiger partial charge in [0.15, 0.2) is 0 Å². The second-order valence-electron chi connectivity index (χ2n) is 5.57. The van der Waals surface area contributed by atoms with Crippen molar-refractivity contribution in [2.75, 3.05) is 6.61 Å². The number of aryl methyl sites for hydroxylation is 1. The lowest BCUT2D eigenvalue weighted by Gasteiger charge is -2.43. The van der Waals surface area contributed by atoms with Crippen molar-refractivity contribution in [3.05, 3.63) is 35.4 Å². The largest absolute Gasteiger partial charge is 0.373 e. The van der Waals surface area contributed by atoms with Crippen LogP contribution in [0.3, 0.4) is 0 Å². The van der Waals surface area contributed by atoms with Crippen molar-refractivity contribution < 1.29 is 4.74 Å². The van der Waals surface area contributed by atoms with E-state index in [0.29, 0.717) is 0 Å². The highest BCUT2D eigenvalue weighted by atomic mass is 16.5. The van der Waals surface area contributed by atoms with Gasteiger partial charge in [0, 0.05) is 6.61 Å². The smallest absolute Gasteiger partial charge is 0.0889 e. The lowest BCUT2D eigenvalue weighted by Crippen LogP contribution is -2.49. The maximum atomic E-state index is 6.17. The number of hydrogen-bond acceptors (Lipinski definition) is 3. The Morgan fingerprint density at radius 3 is 2.37 bits per heavy atom. The van der Waals surface area contributed by atoms with E-state index in [1.807, 2.05) is 0 Å². The lowest BCUT2D eigenvalue weighted by atomic mass is 9.76. The fourth-order valence-corrected chi connectivity index (χ4v) is 3.26. The second-order valence-corrected chi connectivity index (χ2v) is 5.57. The number of ether oxygens (including phenoxy) is 1. The molecular weight excluding hydrogens is 236 g/mol. The molecule has 0 spiro atoms. The molecule has 106 valence electrons. The van der Waals surface area contributed by atoms with Gasteiger partial charge in [-0.1, -0.05) is 49.1 Å². The summed E-state index contributed by atoms with van der Waals surface area (Å²) in [7, 11) is 0. The highest BCUT2D eigenvalue weighted by Gasteiger charge is 2.41. The number of benzene rings is 1. The fraction of sp³-hybridized carbons (Fsp3) is 0.625. The molecule has 0 saturated heterocycles. The average Bonchev–Trinajstić information content (AvgIpc) is 2.43. The zero-order chi connectivity index (χ0) is 13.7. The van der Waals surface area contributed by atoms with Crippen LogP contribution in [0.4, 0.5) is 0 Å². The number of hydrazine groups is 1. The normalized spacial score (nSPS) is 20.2. The maximum Gasteiger partial charge on any atom is 0.0889 e. The van der Waals surface area contributed by atoms with E-state index in [1.165, 1.54) is 30.4 Å². The summed E-state index contributed by atoms with van der Waals surface area (Å²) < 4.78 is 6.17. The van der Waals surface area contributed by atoms with Gasteiger partial charge in [-0.25, -0.2) is 0 Å². The van der Waals surface area contributed by atoms with Gasteiger partial charge in [0.2, 0.25) is 0 Å². The topological polar surface area (TPSA) is 47.3 Å². The molecule has 0 amide bonds. The van der Waals surface area contributed by atoms with Crippen molar-refractivity contribution in [3.63, 3.8) is 0 Å². The van der Waals surface area contributed by atoms with Crippen LogP contribution in [0, 0.1) is 6.92 Å². The van der Waals surface area contributed by atoms with Gasteiger partial charge in [0.05, 0.1) is 11.6 Å². The second kappa shape index (κ2) is 6.51. The van der Waals surface area contributed by atoms with Gasteiger partial charge in [-0.3, -0.25) is 11.3 Å². The summed E-state index contributed by atoms with van der Waals surface area (Å²) >= 11 is 0. The number of nitrogens with one attached hydrogen (secondary N) is 1. The molecule has 1 atom stereocenters. The Kier molecular flexibility index (Phi) is 4.97. The highest BCUT2D eigenvalue weighted by molar-refractivity contribution is 5.26. The van der Waals surface area contributed by atoms with E-state index in [2.05, 4.69) is 43.5 Å². The predicted octanol–water partition coefficient (Wildman–Crippen LogP) is 3.24. The first-order valence-corrected chi connectivity index (χ1v) is 7.38. The van der Waals surface area contributed by atoms with E-state index in [0.717, 1.165) is 19.4 Å². The molecule has 0 heterocycles. The van der Waals surface area contributed by atoms with Crippen LogP contribution in [0.1, 0.15) is 56.2 Å². The highest BCUT2D eigenvalue weighted by Crippen LogP contribution is 2.41. The quantitative estimate of drug-likeness (QED) is 0.632. The number of rotatable bonds is 5. The van der Waals surface area contributed by atoms with Crippen LogP contribution in [0.15, 0.2) is 24.3 Å². The van der Waals surface area contributed by atoms with Gasteiger partial charge in [-0.05, 0) is 32.3 Å². The molecule has 1 fully saturated rings. The fourth-order valence-electron chi connectivity index (χ4n) is 3.26. The molecule has 1 aromatic carbocycles. The van der Waals surface area contributed by atoms with Gasteiger partial charge in [0.25, 0.3) is 0 Å². The van der Waals surface area contributed by atoms with Crippen molar-refractivity contribution >= 4 is 0 Å². The first-order valence-electron chi connectivity index (χ1n) is 7.38. The molecule has 0 bridgehead atoms. The molecule has 1 saturated carbocycles.